The topological polar surface area (TPSA) is 95.9 Å². The number of hydrogen-bond acceptors (Lipinski definition) is 8. The monoisotopic (exact) mass is 572 g/mol. The standard InChI is InChI=1S/C28H28F4N6OS/c1-5-17(20-23(31)21(29)12(2)22(30)24(20)32)36-28-34-13(3)19(26(38-28)35-16-7-6-15(10-16)11-39)27-37-25-14(4)33-9-8-18(25)40-27/h6-9,15-17,39H,5,10-11H2,1-4H3,(H2,34,35,36,38). The van der Waals surface area contributed by atoms with Crippen molar-refractivity contribution in [3.63, 3.8) is 0 Å². The van der Waals surface area contributed by atoms with Crippen molar-refractivity contribution >= 4 is 33.3 Å². The van der Waals surface area contributed by atoms with Crippen molar-refractivity contribution in [1.82, 2.24) is 19.9 Å². The van der Waals surface area contributed by atoms with Gasteiger partial charge in [-0.2, -0.15) is 4.98 Å². The number of aliphatic hydroxyl groups is 1. The number of anilines is 2. The minimum absolute atomic E-state index is 0.000549. The number of nitrogens with one attached hydrogen (secondary N) is 2. The van der Waals surface area contributed by atoms with Crippen LogP contribution in [0.15, 0.2) is 24.4 Å². The lowest BCUT2D eigenvalue weighted by molar-refractivity contribution is 0.250. The Kier molecular flexibility index (Phi) is 7.74. The van der Waals surface area contributed by atoms with Crippen LogP contribution in [-0.4, -0.2) is 37.7 Å². The van der Waals surface area contributed by atoms with Gasteiger partial charge in [0.05, 0.1) is 33.3 Å². The van der Waals surface area contributed by atoms with Gasteiger partial charge in [0, 0.05) is 30.3 Å². The second kappa shape index (κ2) is 11.1. The van der Waals surface area contributed by atoms with E-state index >= 15 is 0 Å². The molecule has 3 N–H and O–H groups in total. The summed E-state index contributed by atoms with van der Waals surface area (Å²) in [5, 5.41) is 16.5. The van der Waals surface area contributed by atoms with E-state index in [1.165, 1.54) is 11.3 Å². The molecule has 3 aromatic heterocycles. The molecule has 0 fully saturated rings. The number of benzene rings is 1. The Labute approximate surface area is 232 Å². The molecule has 5 rings (SSSR count). The quantitative estimate of drug-likeness (QED) is 0.125. The Balaban J connectivity index is 1.58. The molecule has 3 heterocycles. The highest BCUT2D eigenvalue weighted by Gasteiger charge is 2.29. The summed E-state index contributed by atoms with van der Waals surface area (Å²) < 4.78 is 59.3. The van der Waals surface area contributed by atoms with E-state index in [0.29, 0.717) is 28.5 Å². The Morgan fingerprint density at radius 3 is 2.35 bits per heavy atom. The number of aryl methyl sites for hydroxylation is 2. The highest BCUT2D eigenvalue weighted by atomic mass is 32.1. The smallest absolute Gasteiger partial charge is 0.225 e. The van der Waals surface area contributed by atoms with Crippen molar-refractivity contribution in [3.8, 4) is 10.6 Å². The van der Waals surface area contributed by atoms with E-state index < -0.39 is 40.4 Å². The summed E-state index contributed by atoms with van der Waals surface area (Å²) in [6.45, 7) is 6.26. The molecule has 7 nitrogen and oxygen atoms in total. The summed E-state index contributed by atoms with van der Waals surface area (Å²) >= 11 is 1.45. The molecule has 1 aromatic carbocycles. The number of fused-ring (bicyclic) bond motifs is 1. The van der Waals surface area contributed by atoms with Crippen molar-refractivity contribution in [2.45, 2.75) is 52.6 Å². The zero-order valence-electron chi connectivity index (χ0n) is 22.3. The van der Waals surface area contributed by atoms with Gasteiger partial charge in [-0.05, 0) is 39.7 Å². The summed E-state index contributed by atoms with van der Waals surface area (Å²) in [6, 6.07) is 0.584. The normalized spacial score (nSPS) is 17.5. The Morgan fingerprint density at radius 2 is 1.73 bits per heavy atom. The zero-order valence-corrected chi connectivity index (χ0v) is 23.1. The lowest BCUT2D eigenvalue weighted by Crippen LogP contribution is -2.21. The summed E-state index contributed by atoms with van der Waals surface area (Å²) in [5.41, 5.74) is 1.25. The van der Waals surface area contributed by atoms with Crippen LogP contribution in [0.4, 0.5) is 29.3 Å². The number of hydrogen-bond donors (Lipinski definition) is 3. The van der Waals surface area contributed by atoms with Crippen molar-refractivity contribution in [2.24, 2.45) is 5.92 Å². The molecule has 0 amide bonds. The number of pyridine rings is 1. The predicted octanol–water partition coefficient (Wildman–Crippen LogP) is 6.54. The van der Waals surface area contributed by atoms with Gasteiger partial charge in [0.15, 0.2) is 23.3 Å². The summed E-state index contributed by atoms with van der Waals surface area (Å²) in [4.78, 5) is 18.3. The van der Waals surface area contributed by atoms with Crippen LogP contribution >= 0.6 is 11.3 Å². The molecule has 0 saturated carbocycles. The summed E-state index contributed by atoms with van der Waals surface area (Å²) in [5.74, 6) is -5.33. The van der Waals surface area contributed by atoms with Crippen LogP contribution in [-0.2, 0) is 0 Å². The molecule has 0 bridgehead atoms. The zero-order chi connectivity index (χ0) is 28.7. The van der Waals surface area contributed by atoms with Gasteiger partial charge in [0.1, 0.15) is 16.3 Å². The van der Waals surface area contributed by atoms with Crippen LogP contribution < -0.4 is 10.6 Å². The van der Waals surface area contributed by atoms with Crippen LogP contribution in [0.25, 0.3) is 20.8 Å². The van der Waals surface area contributed by atoms with Crippen molar-refractivity contribution in [1.29, 1.82) is 0 Å². The minimum atomic E-state index is -1.45. The average molecular weight is 573 g/mol. The number of aromatic nitrogens is 4. The molecule has 0 aliphatic heterocycles. The molecule has 4 aromatic rings. The first-order chi connectivity index (χ1) is 19.1. The lowest BCUT2D eigenvalue weighted by Gasteiger charge is -2.22. The third-order valence-electron chi connectivity index (χ3n) is 7.10. The molecule has 3 unspecified atom stereocenters. The Morgan fingerprint density at radius 1 is 1.00 bits per heavy atom. The van der Waals surface area contributed by atoms with Gasteiger partial charge in [-0.1, -0.05) is 19.1 Å². The van der Waals surface area contributed by atoms with Gasteiger partial charge in [0.2, 0.25) is 5.95 Å². The van der Waals surface area contributed by atoms with Gasteiger partial charge in [-0.15, -0.1) is 11.3 Å². The van der Waals surface area contributed by atoms with Gasteiger partial charge in [-0.3, -0.25) is 4.98 Å². The third kappa shape index (κ3) is 5.01. The molecule has 0 radical (unpaired) electrons. The maximum Gasteiger partial charge on any atom is 0.225 e. The van der Waals surface area contributed by atoms with E-state index in [-0.39, 0.29) is 30.9 Å². The maximum absolute atomic E-state index is 14.8. The summed E-state index contributed by atoms with van der Waals surface area (Å²) in [7, 11) is 0. The molecule has 0 saturated heterocycles. The van der Waals surface area contributed by atoms with Crippen LogP contribution in [0.1, 0.15) is 48.3 Å². The molecule has 0 spiro atoms. The molecular weight excluding hydrogens is 544 g/mol. The van der Waals surface area contributed by atoms with E-state index in [1.807, 2.05) is 25.1 Å². The maximum atomic E-state index is 14.8. The third-order valence-corrected chi connectivity index (χ3v) is 8.14. The second-order valence-electron chi connectivity index (χ2n) is 9.83. The van der Waals surface area contributed by atoms with E-state index in [0.717, 1.165) is 22.8 Å². The molecular formula is C28H28F4N6OS. The van der Waals surface area contributed by atoms with Crippen LogP contribution in [0.3, 0.4) is 0 Å². The Bertz CT molecular complexity index is 1600. The van der Waals surface area contributed by atoms with Gasteiger partial charge in [0.25, 0.3) is 0 Å². The molecule has 3 atom stereocenters. The highest BCUT2D eigenvalue weighted by Crippen LogP contribution is 2.38. The molecule has 1 aliphatic carbocycles. The van der Waals surface area contributed by atoms with Crippen LogP contribution in [0, 0.1) is 50.0 Å². The first kappa shape index (κ1) is 27.9. The van der Waals surface area contributed by atoms with E-state index in [4.69, 9.17) is 4.98 Å². The highest BCUT2D eigenvalue weighted by molar-refractivity contribution is 7.21. The number of halogens is 4. The first-order valence-electron chi connectivity index (χ1n) is 12.9. The number of aliphatic hydroxyl groups excluding tert-OH is 1. The fourth-order valence-corrected chi connectivity index (χ4v) is 5.99. The number of rotatable bonds is 8. The first-order valence-corrected chi connectivity index (χ1v) is 13.7. The van der Waals surface area contributed by atoms with E-state index in [2.05, 4.69) is 25.6 Å². The lowest BCUT2D eigenvalue weighted by atomic mass is 10.00. The molecule has 1 aliphatic rings. The molecule has 12 heteroatoms. The van der Waals surface area contributed by atoms with E-state index in [9.17, 15) is 22.7 Å². The molecule has 210 valence electrons. The largest absolute Gasteiger partial charge is 0.396 e. The van der Waals surface area contributed by atoms with Crippen molar-refractivity contribution in [3.05, 3.63) is 70.2 Å². The second-order valence-corrected chi connectivity index (χ2v) is 10.9. The summed E-state index contributed by atoms with van der Waals surface area (Å²) in [6.07, 6.45) is 6.32. The van der Waals surface area contributed by atoms with E-state index in [1.54, 1.807) is 20.0 Å². The van der Waals surface area contributed by atoms with Crippen molar-refractivity contribution < 1.29 is 22.7 Å². The Hall–Kier alpha value is -3.64. The number of nitrogens with zero attached hydrogens (tertiary/aromatic N) is 4. The fourth-order valence-electron chi connectivity index (χ4n) is 4.88. The van der Waals surface area contributed by atoms with Crippen LogP contribution in [0.5, 0.6) is 0 Å². The van der Waals surface area contributed by atoms with Gasteiger partial charge in [-0.25, -0.2) is 27.5 Å². The van der Waals surface area contributed by atoms with Gasteiger partial charge < -0.3 is 15.7 Å². The van der Waals surface area contributed by atoms with Gasteiger partial charge >= 0.3 is 0 Å². The SMILES string of the molecule is CCC(Nc1nc(C)c(-c2nc3c(C)nccc3s2)c(NC2C=CC(CO)C2)n1)c1c(F)c(F)c(C)c(F)c1F. The average Bonchev–Trinajstić information content (AvgIpc) is 3.57. The minimum Gasteiger partial charge on any atom is -0.396 e. The number of thiazole rings is 1. The fraction of sp³-hybridized carbons (Fsp3) is 0.357. The van der Waals surface area contributed by atoms with Crippen LogP contribution in [0.2, 0.25) is 0 Å². The van der Waals surface area contributed by atoms with Crippen molar-refractivity contribution in [2.75, 3.05) is 17.2 Å². The predicted molar refractivity (Wildman–Crippen MR) is 147 cm³/mol. The molecule has 40 heavy (non-hydrogen) atoms.